The minimum Gasteiger partial charge on any atom is -0.743 e. The number of benzene rings is 1. The van der Waals surface area contributed by atoms with Crippen molar-refractivity contribution < 1.29 is 45.1 Å². The molecule has 166 valence electrons. The van der Waals surface area contributed by atoms with Gasteiger partial charge in [0.2, 0.25) is 6.17 Å². The van der Waals surface area contributed by atoms with Crippen molar-refractivity contribution in [2.75, 3.05) is 19.8 Å². The first-order valence-corrected chi connectivity index (χ1v) is 10.5. The number of carbonyl (C=O) groups excluding carboxylic acids is 1. The van der Waals surface area contributed by atoms with E-state index in [0.29, 0.717) is 13.2 Å². The van der Waals surface area contributed by atoms with Gasteiger partial charge in [0.05, 0.1) is 18.8 Å². The SMILES string of the molecule is CCCCOc1cc(OCCCC)cc(C(=O)OCC(F)C(F)(F)S(=O)(=O)[O-])c1. The standard InChI is InChI=1S/C18H25F3O7S/c1-3-5-7-26-14-9-13(10-15(11-14)27-8-6-4-2)17(22)28-12-16(19)18(20,21)29(23,24)25/h9-11,16H,3-8,12H2,1-2H3,(H,23,24,25)/p-1. The molecule has 1 rings (SSSR count). The molecule has 7 nitrogen and oxygen atoms in total. The van der Waals surface area contributed by atoms with Crippen LogP contribution in [0.3, 0.4) is 0 Å². The highest BCUT2D eigenvalue weighted by molar-refractivity contribution is 7.86. The van der Waals surface area contributed by atoms with Gasteiger partial charge in [0.1, 0.15) is 18.1 Å². The molecule has 1 aromatic carbocycles. The van der Waals surface area contributed by atoms with Gasteiger partial charge in [-0.05, 0) is 25.0 Å². The molecule has 11 heteroatoms. The van der Waals surface area contributed by atoms with Gasteiger partial charge in [0.15, 0.2) is 10.1 Å². The lowest BCUT2D eigenvalue weighted by Gasteiger charge is -2.23. The fourth-order valence-corrected chi connectivity index (χ4v) is 2.39. The lowest BCUT2D eigenvalue weighted by molar-refractivity contribution is -0.0362. The molecule has 0 radical (unpaired) electrons. The molecule has 0 aromatic heterocycles. The average Bonchev–Trinajstić information content (AvgIpc) is 2.65. The van der Waals surface area contributed by atoms with Crippen LogP contribution in [-0.4, -0.2) is 50.2 Å². The number of hydrogen-bond donors (Lipinski definition) is 0. The Labute approximate surface area is 167 Å². The molecule has 0 heterocycles. The Morgan fingerprint density at radius 1 is 1.07 bits per heavy atom. The Kier molecular flexibility index (Phi) is 9.71. The summed E-state index contributed by atoms with van der Waals surface area (Å²) < 4.78 is 86.5. The molecule has 0 N–H and O–H groups in total. The van der Waals surface area contributed by atoms with Gasteiger partial charge in [-0.2, -0.15) is 8.78 Å². The molecular weight excluding hydrogens is 417 g/mol. The van der Waals surface area contributed by atoms with E-state index in [-0.39, 0.29) is 17.1 Å². The molecule has 0 aliphatic carbocycles. The average molecular weight is 441 g/mol. The molecule has 29 heavy (non-hydrogen) atoms. The number of alkyl halides is 3. The van der Waals surface area contributed by atoms with E-state index in [1.807, 2.05) is 13.8 Å². The number of ether oxygens (including phenoxy) is 3. The summed E-state index contributed by atoms with van der Waals surface area (Å²) in [5.41, 5.74) is -0.161. The van der Waals surface area contributed by atoms with E-state index < -0.39 is 34.1 Å². The molecule has 1 aromatic rings. The Balaban J connectivity index is 2.91. The van der Waals surface area contributed by atoms with Crippen LogP contribution in [0.15, 0.2) is 18.2 Å². The Morgan fingerprint density at radius 3 is 1.97 bits per heavy atom. The summed E-state index contributed by atoms with van der Waals surface area (Å²) >= 11 is 0. The van der Waals surface area contributed by atoms with Crippen LogP contribution in [0, 0.1) is 0 Å². The van der Waals surface area contributed by atoms with Crippen LogP contribution < -0.4 is 9.47 Å². The molecule has 0 fully saturated rings. The Bertz CT molecular complexity index is 740. The molecule has 0 saturated carbocycles. The molecular formula is C18H24F3O7S-. The second-order valence-corrected chi connectivity index (χ2v) is 7.63. The number of unbranched alkanes of at least 4 members (excludes halogenated alkanes) is 2. The maximum Gasteiger partial charge on any atom is 0.368 e. The van der Waals surface area contributed by atoms with E-state index in [9.17, 15) is 30.9 Å². The Morgan fingerprint density at radius 2 is 1.55 bits per heavy atom. The van der Waals surface area contributed by atoms with Crippen LogP contribution in [-0.2, 0) is 14.9 Å². The monoisotopic (exact) mass is 441 g/mol. The van der Waals surface area contributed by atoms with Crippen LogP contribution in [0.5, 0.6) is 11.5 Å². The predicted molar refractivity (Wildman–Crippen MR) is 97.1 cm³/mol. The third kappa shape index (κ3) is 7.73. The highest BCUT2D eigenvalue weighted by Crippen LogP contribution is 2.28. The van der Waals surface area contributed by atoms with Crippen molar-refractivity contribution in [1.29, 1.82) is 0 Å². The molecule has 0 saturated heterocycles. The van der Waals surface area contributed by atoms with Crippen LogP contribution >= 0.6 is 0 Å². The fourth-order valence-electron chi connectivity index (χ4n) is 2.01. The van der Waals surface area contributed by atoms with Crippen molar-refractivity contribution in [2.45, 2.75) is 51.0 Å². The van der Waals surface area contributed by atoms with Gasteiger partial charge < -0.3 is 18.8 Å². The maximum atomic E-state index is 13.5. The van der Waals surface area contributed by atoms with Gasteiger partial charge in [0.25, 0.3) is 0 Å². The van der Waals surface area contributed by atoms with Crippen molar-refractivity contribution in [3.63, 3.8) is 0 Å². The van der Waals surface area contributed by atoms with Crippen molar-refractivity contribution >= 4 is 16.1 Å². The molecule has 0 aliphatic heterocycles. The van der Waals surface area contributed by atoms with Gasteiger partial charge in [-0.15, -0.1) is 0 Å². The maximum absolute atomic E-state index is 13.5. The van der Waals surface area contributed by atoms with E-state index >= 15 is 0 Å². The van der Waals surface area contributed by atoms with E-state index in [4.69, 9.17) is 9.47 Å². The van der Waals surface area contributed by atoms with Gasteiger partial charge in [-0.25, -0.2) is 17.6 Å². The zero-order chi connectivity index (χ0) is 22.1. The van der Waals surface area contributed by atoms with Crippen LogP contribution in [0.4, 0.5) is 13.2 Å². The van der Waals surface area contributed by atoms with E-state index in [1.165, 1.54) is 18.2 Å². The van der Waals surface area contributed by atoms with Crippen molar-refractivity contribution in [2.24, 2.45) is 0 Å². The highest BCUT2D eigenvalue weighted by Gasteiger charge is 2.48. The minimum atomic E-state index is -6.24. The summed E-state index contributed by atoms with van der Waals surface area (Å²) in [6.07, 6.45) is -0.253. The first-order chi connectivity index (χ1) is 13.5. The topological polar surface area (TPSA) is 102 Å². The summed E-state index contributed by atoms with van der Waals surface area (Å²) in [5.74, 6) is -0.666. The van der Waals surface area contributed by atoms with Gasteiger partial charge in [-0.1, -0.05) is 26.7 Å². The zero-order valence-electron chi connectivity index (χ0n) is 16.2. The summed E-state index contributed by atoms with van der Waals surface area (Å²) in [7, 11) is -6.24. The first-order valence-electron chi connectivity index (χ1n) is 9.08. The number of carbonyl (C=O) groups is 1. The van der Waals surface area contributed by atoms with Gasteiger partial charge >= 0.3 is 11.2 Å². The van der Waals surface area contributed by atoms with Crippen molar-refractivity contribution in [1.82, 2.24) is 0 Å². The number of esters is 1. The van der Waals surface area contributed by atoms with Crippen molar-refractivity contribution in [3.05, 3.63) is 23.8 Å². The largest absolute Gasteiger partial charge is 0.743 e. The molecule has 0 amide bonds. The summed E-state index contributed by atoms with van der Waals surface area (Å²) in [6, 6.07) is 4.07. The molecule has 0 aliphatic rings. The molecule has 0 spiro atoms. The Hall–Kier alpha value is -2.01. The van der Waals surface area contributed by atoms with E-state index in [0.717, 1.165) is 25.7 Å². The molecule has 0 bridgehead atoms. The number of hydrogen-bond acceptors (Lipinski definition) is 7. The summed E-state index contributed by atoms with van der Waals surface area (Å²) in [5, 5.41) is -5.22. The zero-order valence-corrected chi connectivity index (χ0v) is 17.0. The predicted octanol–water partition coefficient (Wildman–Crippen LogP) is 3.68. The van der Waals surface area contributed by atoms with Crippen LogP contribution in [0.1, 0.15) is 49.9 Å². The summed E-state index contributed by atoms with van der Waals surface area (Å²) in [6.45, 7) is 3.04. The third-order valence-corrected chi connectivity index (χ3v) is 4.63. The minimum absolute atomic E-state index is 0.161. The normalized spacial score (nSPS) is 13.0. The summed E-state index contributed by atoms with van der Waals surface area (Å²) in [4.78, 5) is 12.1. The number of rotatable bonds is 13. The number of halogens is 3. The quantitative estimate of drug-likeness (QED) is 0.261. The first kappa shape index (κ1) is 25.0. The van der Waals surface area contributed by atoms with E-state index in [1.54, 1.807) is 0 Å². The third-order valence-electron chi connectivity index (χ3n) is 3.71. The molecule has 1 atom stereocenters. The highest BCUT2D eigenvalue weighted by atomic mass is 32.2. The van der Waals surface area contributed by atoms with Gasteiger partial charge in [-0.3, -0.25) is 0 Å². The second kappa shape index (κ2) is 11.2. The van der Waals surface area contributed by atoms with E-state index in [2.05, 4.69) is 4.74 Å². The lowest BCUT2D eigenvalue weighted by atomic mass is 10.2. The smallest absolute Gasteiger partial charge is 0.368 e. The lowest BCUT2D eigenvalue weighted by Crippen LogP contribution is -2.41. The molecule has 1 unspecified atom stereocenters. The fraction of sp³-hybridized carbons (Fsp3) is 0.611. The van der Waals surface area contributed by atoms with Gasteiger partial charge in [0, 0.05) is 6.07 Å². The van der Waals surface area contributed by atoms with Crippen LogP contribution in [0.2, 0.25) is 0 Å². The van der Waals surface area contributed by atoms with Crippen molar-refractivity contribution in [3.8, 4) is 11.5 Å². The second-order valence-electron chi connectivity index (χ2n) is 6.18. The van der Waals surface area contributed by atoms with Crippen LogP contribution in [0.25, 0.3) is 0 Å².